The molecular formula is C15H15N3O2S. The Labute approximate surface area is 126 Å². The summed E-state index contributed by atoms with van der Waals surface area (Å²) in [4.78, 5) is 24.1. The molecule has 0 aliphatic rings. The van der Waals surface area contributed by atoms with Crippen LogP contribution < -0.4 is 16.4 Å². The molecule has 5 nitrogen and oxygen atoms in total. The molecule has 3 amide bonds. The van der Waals surface area contributed by atoms with Gasteiger partial charge in [-0.3, -0.25) is 4.79 Å². The van der Waals surface area contributed by atoms with Crippen LogP contribution in [0.15, 0.2) is 53.4 Å². The summed E-state index contributed by atoms with van der Waals surface area (Å²) in [5, 5.41) is 5.25. The number of carbonyl (C=O) groups is 2. The first-order valence-corrected chi connectivity index (χ1v) is 7.43. The fourth-order valence-corrected chi connectivity index (χ4v) is 2.24. The molecule has 2 aromatic rings. The average molecular weight is 301 g/mol. The number of nitrogens with two attached hydrogens (primary N) is 1. The Bertz CT molecular complexity index is 673. The van der Waals surface area contributed by atoms with Crippen molar-refractivity contribution in [2.45, 2.75) is 4.90 Å². The second kappa shape index (κ2) is 6.81. The summed E-state index contributed by atoms with van der Waals surface area (Å²) in [7, 11) is 0. The largest absolute Gasteiger partial charge is 0.351 e. The molecule has 0 fully saturated rings. The van der Waals surface area contributed by atoms with E-state index in [0.717, 1.165) is 10.6 Å². The van der Waals surface area contributed by atoms with Crippen molar-refractivity contribution < 1.29 is 9.59 Å². The van der Waals surface area contributed by atoms with Crippen molar-refractivity contribution in [3.63, 3.8) is 0 Å². The van der Waals surface area contributed by atoms with Crippen LogP contribution in [0, 0.1) is 0 Å². The maximum absolute atomic E-state index is 12.2. The minimum Gasteiger partial charge on any atom is -0.351 e. The normalized spacial score (nSPS) is 9.95. The van der Waals surface area contributed by atoms with Crippen molar-refractivity contribution >= 4 is 35.1 Å². The number of primary amides is 1. The van der Waals surface area contributed by atoms with Gasteiger partial charge >= 0.3 is 6.03 Å². The number of thioether (sulfide) groups is 1. The van der Waals surface area contributed by atoms with Crippen molar-refractivity contribution in [3.05, 3.63) is 54.1 Å². The number of hydrogen-bond donors (Lipinski definition) is 3. The van der Waals surface area contributed by atoms with Gasteiger partial charge in [0, 0.05) is 21.8 Å². The predicted octanol–water partition coefficient (Wildman–Crippen LogP) is 3.15. The summed E-state index contributed by atoms with van der Waals surface area (Å²) in [5.41, 5.74) is 6.70. The molecule has 0 spiro atoms. The second-order valence-corrected chi connectivity index (χ2v) is 5.14. The highest BCUT2D eigenvalue weighted by molar-refractivity contribution is 7.98. The van der Waals surface area contributed by atoms with E-state index in [9.17, 15) is 9.59 Å². The Morgan fingerprint density at radius 2 is 1.67 bits per heavy atom. The van der Waals surface area contributed by atoms with E-state index < -0.39 is 6.03 Å². The topological polar surface area (TPSA) is 84.2 Å². The van der Waals surface area contributed by atoms with Gasteiger partial charge in [0.05, 0.1) is 0 Å². The standard InChI is InChI=1S/C15H15N3O2S/c1-21-13-7-3-6-12(9-13)17-14(19)10-4-2-5-11(8-10)18-15(16)20/h2-9H,1H3,(H,17,19)(H3,16,18,20). The molecular weight excluding hydrogens is 286 g/mol. The van der Waals surface area contributed by atoms with E-state index in [4.69, 9.17) is 5.73 Å². The van der Waals surface area contributed by atoms with Gasteiger partial charge in [-0.1, -0.05) is 12.1 Å². The molecule has 0 radical (unpaired) electrons. The van der Waals surface area contributed by atoms with Gasteiger partial charge in [0.25, 0.3) is 5.91 Å². The van der Waals surface area contributed by atoms with E-state index in [2.05, 4.69) is 10.6 Å². The van der Waals surface area contributed by atoms with Crippen LogP contribution in [0.2, 0.25) is 0 Å². The minimum absolute atomic E-state index is 0.249. The maximum atomic E-state index is 12.2. The first-order chi connectivity index (χ1) is 10.1. The van der Waals surface area contributed by atoms with Crippen molar-refractivity contribution in [2.75, 3.05) is 16.9 Å². The Balaban J connectivity index is 2.14. The summed E-state index contributed by atoms with van der Waals surface area (Å²) < 4.78 is 0. The number of amides is 3. The molecule has 108 valence electrons. The van der Waals surface area contributed by atoms with Crippen molar-refractivity contribution in [1.82, 2.24) is 0 Å². The third-order valence-electron chi connectivity index (χ3n) is 2.72. The number of benzene rings is 2. The summed E-state index contributed by atoms with van der Waals surface area (Å²) >= 11 is 1.60. The summed E-state index contributed by atoms with van der Waals surface area (Å²) in [6.07, 6.45) is 1.97. The Kier molecular flexibility index (Phi) is 4.84. The van der Waals surface area contributed by atoms with Crippen LogP contribution >= 0.6 is 11.8 Å². The van der Waals surface area contributed by atoms with Crippen molar-refractivity contribution in [1.29, 1.82) is 0 Å². The average Bonchev–Trinajstić information content (AvgIpc) is 2.47. The summed E-state index contributed by atoms with van der Waals surface area (Å²) in [6, 6.07) is 13.5. The lowest BCUT2D eigenvalue weighted by Gasteiger charge is -2.08. The van der Waals surface area contributed by atoms with Gasteiger partial charge in [0.1, 0.15) is 0 Å². The third kappa shape index (κ3) is 4.25. The first kappa shape index (κ1) is 14.9. The van der Waals surface area contributed by atoms with E-state index in [1.165, 1.54) is 0 Å². The zero-order valence-corrected chi connectivity index (χ0v) is 12.2. The quantitative estimate of drug-likeness (QED) is 0.758. The molecule has 0 aromatic heterocycles. The predicted molar refractivity (Wildman–Crippen MR) is 85.8 cm³/mol. The van der Waals surface area contributed by atoms with Crippen molar-refractivity contribution in [3.8, 4) is 0 Å². The molecule has 0 heterocycles. The molecule has 0 aliphatic heterocycles. The number of anilines is 2. The van der Waals surface area contributed by atoms with Crippen LogP contribution in [0.4, 0.5) is 16.2 Å². The van der Waals surface area contributed by atoms with E-state index in [-0.39, 0.29) is 5.91 Å². The monoisotopic (exact) mass is 301 g/mol. The van der Waals surface area contributed by atoms with Gasteiger partial charge in [0.2, 0.25) is 0 Å². The van der Waals surface area contributed by atoms with Crippen LogP contribution in [0.25, 0.3) is 0 Å². The van der Waals surface area contributed by atoms with Gasteiger partial charge in [-0.05, 0) is 42.7 Å². The SMILES string of the molecule is CSc1cccc(NC(=O)c2cccc(NC(N)=O)c2)c1. The minimum atomic E-state index is -0.666. The lowest BCUT2D eigenvalue weighted by Crippen LogP contribution is -2.19. The molecule has 0 saturated heterocycles. The van der Waals surface area contributed by atoms with Gasteiger partial charge < -0.3 is 16.4 Å². The second-order valence-electron chi connectivity index (χ2n) is 4.26. The first-order valence-electron chi connectivity index (χ1n) is 6.20. The summed E-state index contributed by atoms with van der Waals surface area (Å²) in [6.45, 7) is 0. The smallest absolute Gasteiger partial charge is 0.316 e. The van der Waals surface area contributed by atoms with Gasteiger partial charge in [-0.2, -0.15) is 0 Å². The fourth-order valence-electron chi connectivity index (χ4n) is 1.78. The zero-order chi connectivity index (χ0) is 15.2. The number of nitrogens with one attached hydrogen (secondary N) is 2. The van der Waals surface area contributed by atoms with Gasteiger partial charge in [0.15, 0.2) is 0 Å². The molecule has 2 rings (SSSR count). The van der Waals surface area contributed by atoms with Gasteiger partial charge in [-0.25, -0.2) is 4.79 Å². The molecule has 0 unspecified atom stereocenters. The highest BCUT2D eigenvalue weighted by Crippen LogP contribution is 2.20. The van der Waals surface area contributed by atoms with Crippen molar-refractivity contribution in [2.24, 2.45) is 5.73 Å². The van der Waals surface area contributed by atoms with Crippen LogP contribution in [0.5, 0.6) is 0 Å². The number of urea groups is 1. The fraction of sp³-hybridized carbons (Fsp3) is 0.0667. The molecule has 2 aromatic carbocycles. The van der Waals surface area contributed by atoms with Crippen LogP contribution in [-0.2, 0) is 0 Å². The number of carbonyl (C=O) groups excluding carboxylic acids is 2. The number of hydrogen-bond acceptors (Lipinski definition) is 3. The van der Waals surface area contributed by atoms with E-state index in [1.54, 1.807) is 36.0 Å². The molecule has 0 bridgehead atoms. The molecule has 21 heavy (non-hydrogen) atoms. The Morgan fingerprint density at radius 1 is 1.00 bits per heavy atom. The summed E-state index contributed by atoms with van der Waals surface area (Å²) in [5.74, 6) is -0.249. The highest BCUT2D eigenvalue weighted by Gasteiger charge is 2.07. The molecule has 0 saturated carbocycles. The molecule has 0 aliphatic carbocycles. The zero-order valence-electron chi connectivity index (χ0n) is 11.4. The van der Waals surface area contributed by atoms with E-state index >= 15 is 0 Å². The van der Waals surface area contributed by atoms with Crippen LogP contribution in [0.1, 0.15) is 10.4 Å². The molecule has 4 N–H and O–H groups in total. The lowest BCUT2D eigenvalue weighted by atomic mass is 10.2. The third-order valence-corrected chi connectivity index (χ3v) is 3.45. The van der Waals surface area contributed by atoms with E-state index in [1.807, 2.05) is 30.5 Å². The highest BCUT2D eigenvalue weighted by atomic mass is 32.2. The van der Waals surface area contributed by atoms with Gasteiger partial charge in [-0.15, -0.1) is 11.8 Å². The molecule has 6 heteroatoms. The maximum Gasteiger partial charge on any atom is 0.316 e. The number of rotatable bonds is 4. The Morgan fingerprint density at radius 3 is 2.33 bits per heavy atom. The Hall–Kier alpha value is -2.47. The van der Waals surface area contributed by atoms with Crippen LogP contribution in [0.3, 0.4) is 0 Å². The van der Waals surface area contributed by atoms with Crippen LogP contribution in [-0.4, -0.2) is 18.2 Å². The molecule has 0 atom stereocenters. The van der Waals surface area contributed by atoms with E-state index in [0.29, 0.717) is 11.3 Å². The lowest BCUT2D eigenvalue weighted by molar-refractivity contribution is 0.102.